The molecule has 0 spiro atoms. The average molecular weight is 276 g/mol. The van der Waals surface area contributed by atoms with Crippen molar-refractivity contribution in [3.63, 3.8) is 0 Å². The van der Waals surface area contributed by atoms with Crippen molar-refractivity contribution in [1.82, 2.24) is 4.90 Å². The minimum absolute atomic E-state index is 0.224. The molecule has 1 saturated heterocycles. The largest absolute Gasteiger partial charge is 0.480 e. The molecule has 0 aromatic heterocycles. The molecule has 1 heterocycles. The summed E-state index contributed by atoms with van der Waals surface area (Å²) in [6.07, 6.45) is 2.17. The predicted molar refractivity (Wildman–Crippen MR) is 75.3 cm³/mol. The van der Waals surface area contributed by atoms with Gasteiger partial charge < -0.3 is 15.7 Å². The van der Waals surface area contributed by atoms with Gasteiger partial charge in [0, 0.05) is 18.7 Å². The summed E-state index contributed by atoms with van der Waals surface area (Å²) < 4.78 is 0. The number of carboxylic acids is 1. The van der Waals surface area contributed by atoms with Crippen molar-refractivity contribution in [2.75, 3.05) is 6.54 Å². The molecule has 3 N–H and O–H groups in total. The highest BCUT2D eigenvalue weighted by Gasteiger charge is 2.44. The molecule has 1 aromatic rings. The summed E-state index contributed by atoms with van der Waals surface area (Å²) in [6.45, 7) is 2.53. The molecule has 1 fully saturated rings. The molecule has 5 nitrogen and oxygen atoms in total. The first kappa shape index (κ1) is 14.5. The average Bonchev–Trinajstić information content (AvgIpc) is 2.47. The van der Waals surface area contributed by atoms with E-state index in [4.69, 9.17) is 5.73 Å². The van der Waals surface area contributed by atoms with Crippen LogP contribution in [0.4, 0.5) is 0 Å². The number of nitrogens with zero attached hydrogens (tertiary/aromatic N) is 1. The molecule has 1 aliphatic heterocycles. The molecule has 1 aliphatic rings. The minimum atomic E-state index is -1.11. The van der Waals surface area contributed by atoms with Crippen molar-refractivity contribution in [3.8, 4) is 0 Å². The number of hydrogen-bond donors (Lipinski definition) is 2. The van der Waals surface area contributed by atoms with E-state index in [9.17, 15) is 14.7 Å². The molecule has 2 rings (SSSR count). The fraction of sp³-hybridized carbons (Fsp3) is 0.467. The number of rotatable bonds is 3. The van der Waals surface area contributed by atoms with E-state index in [1.807, 2.05) is 0 Å². The SMILES string of the molecule is CC1(C(=O)O)CCCCN1C(=O)c1ccc(CN)cc1. The normalized spacial score (nSPS) is 22.6. The van der Waals surface area contributed by atoms with Crippen molar-refractivity contribution in [2.24, 2.45) is 5.73 Å². The van der Waals surface area contributed by atoms with Crippen LogP contribution in [0.1, 0.15) is 42.1 Å². The Labute approximate surface area is 118 Å². The van der Waals surface area contributed by atoms with E-state index < -0.39 is 11.5 Å². The van der Waals surface area contributed by atoms with Gasteiger partial charge in [-0.3, -0.25) is 4.79 Å². The number of carbonyl (C=O) groups excluding carboxylic acids is 1. The van der Waals surface area contributed by atoms with E-state index >= 15 is 0 Å². The quantitative estimate of drug-likeness (QED) is 0.878. The van der Waals surface area contributed by atoms with E-state index in [2.05, 4.69) is 0 Å². The van der Waals surface area contributed by atoms with Crippen LogP contribution in [0.5, 0.6) is 0 Å². The van der Waals surface area contributed by atoms with Gasteiger partial charge in [0.1, 0.15) is 5.54 Å². The van der Waals surface area contributed by atoms with Crippen molar-refractivity contribution < 1.29 is 14.7 Å². The zero-order valence-electron chi connectivity index (χ0n) is 11.6. The van der Waals surface area contributed by atoms with E-state index in [0.29, 0.717) is 25.1 Å². The summed E-state index contributed by atoms with van der Waals surface area (Å²) in [6, 6.07) is 7.02. The van der Waals surface area contributed by atoms with Crippen LogP contribution >= 0.6 is 0 Å². The van der Waals surface area contributed by atoms with Crippen LogP contribution in [0.2, 0.25) is 0 Å². The molecule has 20 heavy (non-hydrogen) atoms. The number of likely N-dealkylation sites (tertiary alicyclic amines) is 1. The first-order chi connectivity index (χ1) is 9.49. The number of carboxylic acid groups (broad SMARTS) is 1. The zero-order valence-corrected chi connectivity index (χ0v) is 11.6. The predicted octanol–water partition coefficient (Wildman–Crippen LogP) is 1.61. The molecule has 1 atom stereocenters. The summed E-state index contributed by atoms with van der Waals surface area (Å²) in [7, 11) is 0. The van der Waals surface area contributed by atoms with Gasteiger partial charge in [0.05, 0.1) is 0 Å². The van der Waals surface area contributed by atoms with E-state index in [-0.39, 0.29) is 5.91 Å². The van der Waals surface area contributed by atoms with E-state index in [0.717, 1.165) is 18.4 Å². The molecule has 5 heteroatoms. The lowest BCUT2D eigenvalue weighted by atomic mass is 9.88. The van der Waals surface area contributed by atoms with Gasteiger partial charge in [-0.25, -0.2) is 4.79 Å². The van der Waals surface area contributed by atoms with E-state index in [1.54, 1.807) is 31.2 Å². The Hall–Kier alpha value is -1.88. The maximum absolute atomic E-state index is 12.6. The third-order valence-electron chi connectivity index (χ3n) is 4.03. The molecule has 1 unspecified atom stereocenters. The molecule has 0 aliphatic carbocycles. The summed E-state index contributed by atoms with van der Waals surface area (Å²) >= 11 is 0. The number of amides is 1. The van der Waals surface area contributed by atoms with Crippen LogP contribution in [-0.2, 0) is 11.3 Å². The Morgan fingerprint density at radius 3 is 2.50 bits per heavy atom. The lowest BCUT2D eigenvalue weighted by molar-refractivity contribution is -0.150. The number of hydrogen-bond acceptors (Lipinski definition) is 3. The molecule has 1 amide bonds. The molecular formula is C15H20N2O3. The van der Waals surface area contributed by atoms with Crippen LogP contribution in [-0.4, -0.2) is 34.0 Å². The topological polar surface area (TPSA) is 83.6 Å². The highest BCUT2D eigenvalue weighted by molar-refractivity contribution is 5.98. The van der Waals surface area contributed by atoms with Gasteiger partial charge >= 0.3 is 5.97 Å². The Kier molecular flexibility index (Phi) is 4.09. The number of piperidine rings is 1. The first-order valence-corrected chi connectivity index (χ1v) is 6.83. The fourth-order valence-corrected chi connectivity index (χ4v) is 2.61. The second kappa shape index (κ2) is 5.63. The van der Waals surface area contributed by atoms with Crippen molar-refractivity contribution >= 4 is 11.9 Å². The Morgan fingerprint density at radius 2 is 1.95 bits per heavy atom. The van der Waals surface area contributed by atoms with Gasteiger partial charge in [-0.2, -0.15) is 0 Å². The summed E-state index contributed by atoms with van der Waals surface area (Å²) in [5, 5.41) is 9.44. The molecular weight excluding hydrogens is 256 g/mol. The fourth-order valence-electron chi connectivity index (χ4n) is 2.61. The lowest BCUT2D eigenvalue weighted by Crippen LogP contribution is -2.57. The third-order valence-corrected chi connectivity index (χ3v) is 4.03. The van der Waals surface area contributed by atoms with Gasteiger partial charge in [0.2, 0.25) is 0 Å². The van der Waals surface area contributed by atoms with Crippen LogP contribution < -0.4 is 5.73 Å². The van der Waals surface area contributed by atoms with Crippen molar-refractivity contribution in [1.29, 1.82) is 0 Å². The monoisotopic (exact) mass is 276 g/mol. The Morgan fingerprint density at radius 1 is 1.30 bits per heavy atom. The maximum atomic E-state index is 12.6. The first-order valence-electron chi connectivity index (χ1n) is 6.83. The van der Waals surface area contributed by atoms with Gasteiger partial charge in [-0.1, -0.05) is 12.1 Å². The molecule has 0 radical (unpaired) electrons. The van der Waals surface area contributed by atoms with Gasteiger partial charge in [-0.05, 0) is 43.9 Å². The highest BCUT2D eigenvalue weighted by atomic mass is 16.4. The van der Waals surface area contributed by atoms with E-state index in [1.165, 1.54) is 4.90 Å². The highest BCUT2D eigenvalue weighted by Crippen LogP contribution is 2.29. The number of aliphatic carboxylic acids is 1. The number of nitrogens with two attached hydrogens (primary N) is 1. The van der Waals surface area contributed by atoms with Crippen LogP contribution in [0.25, 0.3) is 0 Å². The molecule has 108 valence electrons. The van der Waals surface area contributed by atoms with Crippen molar-refractivity contribution in [3.05, 3.63) is 35.4 Å². The number of carbonyl (C=O) groups is 2. The second-order valence-electron chi connectivity index (χ2n) is 5.39. The minimum Gasteiger partial charge on any atom is -0.480 e. The van der Waals surface area contributed by atoms with Gasteiger partial charge in [-0.15, -0.1) is 0 Å². The maximum Gasteiger partial charge on any atom is 0.329 e. The molecule has 0 saturated carbocycles. The number of benzene rings is 1. The smallest absolute Gasteiger partial charge is 0.329 e. The lowest BCUT2D eigenvalue weighted by Gasteiger charge is -2.41. The van der Waals surface area contributed by atoms with Crippen LogP contribution in [0, 0.1) is 0 Å². The standard InChI is InChI=1S/C15H20N2O3/c1-15(14(19)20)8-2-3-9-17(15)13(18)12-6-4-11(10-16)5-7-12/h4-7H,2-3,8-10,16H2,1H3,(H,19,20). The third kappa shape index (κ3) is 2.54. The molecule has 0 bridgehead atoms. The Bertz CT molecular complexity index is 512. The van der Waals surface area contributed by atoms with Crippen molar-refractivity contribution in [2.45, 2.75) is 38.3 Å². The second-order valence-corrected chi connectivity index (χ2v) is 5.39. The summed E-state index contributed by atoms with van der Waals surface area (Å²) in [4.78, 5) is 25.5. The molecule has 1 aromatic carbocycles. The van der Waals surface area contributed by atoms with Gasteiger partial charge in [0.25, 0.3) is 5.91 Å². The summed E-state index contributed by atoms with van der Waals surface area (Å²) in [5.74, 6) is -1.16. The van der Waals surface area contributed by atoms with Crippen LogP contribution in [0.3, 0.4) is 0 Å². The Balaban J connectivity index is 2.27. The summed E-state index contributed by atoms with van der Waals surface area (Å²) in [5.41, 5.74) is 5.88. The van der Waals surface area contributed by atoms with Gasteiger partial charge in [0.15, 0.2) is 0 Å². The van der Waals surface area contributed by atoms with Crippen LogP contribution in [0.15, 0.2) is 24.3 Å². The zero-order chi connectivity index (χ0) is 14.8.